The van der Waals surface area contributed by atoms with Crippen LogP contribution in [0.1, 0.15) is 17.7 Å². The molecule has 1 fully saturated rings. The third-order valence-electron chi connectivity index (χ3n) is 6.33. The maximum absolute atomic E-state index is 12.8. The molecule has 2 heterocycles. The Kier molecular flexibility index (Phi) is 10.3. The Morgan fingerprint density at radius 3 is 2.29 bits per heavy atom. The lowest BCUT2D eigenvalue weighted by Crippen LogP contribution is -2.54. The van der Waals surface area contributed by atoms with Crippen molar-refractivity contribution in [2.45, 2.75) is 26.1 Å². The third-order valence-corrected chi connectivity index (χ3v) is 6.33. The van der Waals surface area contributed by atoms with E-state index in [1.165, 1.54) is 5.48 Å². The SMILES string of the molecule is Cc1cc(COc2ccc(NC(=O)C3CCN(C(=O)[O-])CC3C(=O)NO)cc2)c2ccccc2n1.O=C([O-])C(F)(F)F. The van der Waals surface area contributed by atoms with Crippen LogP contribution >= 0.6 is 0 Å². The number of aliphatic carboxylic acids is 1. The van der Waals surface area contributed by atoms with Gasteiger partial charge in [-0.05, 0) is 49.7 Å². The minimum Gasteiger partial charge on any atom is -0.542 e. The van der Waals surface area contributed by atoms with Gasteiger partial charge in [0.1, 0.15) is 24.4 Å². The minimum absolute atomic E-state index is 0.0611. The molecule has 4 rings (SSSR count). The fourth-order valence-corrected chi connectivity index (χ4v) is 4.33. The quantitative estimate of drug-likeness (QED) is 0.280. The number of fused-ring (bicyclic) bond motifs is 1. The number of ether oxygens (including phenoxy) is 1. The van der Waals surface area contributed by atoms with Crippen molar-refractivity contribution < 1.29 is 52.5 Å². The van der Waals surface area contributed by atoms with Crippen LogP contribution in [0.25, 0.3) is 10.9 Å². The number of pyridine rings is 1. The van der Waals surface area contributed by atoms with Gasteiger partial charge in [0.25, 0.3) is 0 Å². The summed E-state index contributed by atoms with van der Waals surface area (Å²) in [5.41, 5.74) is 4.83. The molecule has 15 heteroatoms. The number of carbonyl (C=O) groups is 4. The molecule has 224 valence electrons. The summed E-state index contributed by atoms with van der Waals surface area (Å²) < 4.78 is 37.5. The minimum atomic E-state index is -5.19. The first-order valence-electron chi connectivity index (χ1n) is 12.4. The van der Waals surface area contributed by atoms with Gasteiger partial charge in [0.15, 0.2) is 0 Å². The normalized spacial score (nSPS) is 16.5. The van der Waals surface area contributed by atoms with Gasteiger partial charge in [-0.15, -0.1) is 0 Å². The summed E-state index contributed by atoms with van der Waals surface area (Å²) >= 11 is 0. The van der Waals surface area contributed by atoms with E-state index in [0.29, 0.717) is 18.0 Å². The second-order valence-electron chi connectivity index (χ2n) is 9.22. The number of piperidine rings is 1. The predicted octanol–water partition coefficient (Wildman–Crippen LogP) is 1.15. The molecule has 1 aliphatic heterocycles. The number of carbonyl (C=O) groups excluding carboxylic acids is 4. The van der Waals surface area contributed by atoms with Crippen molar-refractivity contribution in [2.75, 3.05) is 18.4 Å². The standard InChI is InChI=1S/C25H26N4O6.C2HF3O2/c1-15-12-16(19-4-2-3-5-22(19)26-15)14-35-18-8-6-17(7-9-18)27-23(30)20-10-11-29(25(32)33)13-21(20)24(31)28-34;3-2(4,5)1(6)7/h2-9,12,20-21,34H,10-11,13-14H2,1H3,(H,27,30)(H,28,31)(H,32,33);(H,6,7)/p-2. The van der Waals surface area contributed by atoms with E-state index in [-0.39, 0.29) is 19.5 Å². The Morgan fingerprint density at radius 1 is 1.05 bits per heavy atom. The molecular weight excluding hydrogens is 565 g/mol. The zero-order chi connectivity index (χ0) is 31.0. The monoisotopic (exact) mass is 590 g/mol. The maximum atomic E-state index is 12.8. The molecule has 3 aromatic rings. The van der Waals surface area contributed by atoms with E-state index in [0.717, 1.165) is 27.1 Å². The molecule has 0 bridgehead atoms. The number of carboxylic acid groups (broad SMARTS) is 2. The van der Waals surface area contributed by atoms with Crippen molar-refractivity contribution >= 4 is 40.5 Å². The number of carboxylic acids is 1. The molecule has 0 saturated carbocycles. The number of halogens is 3. The van der Waals surface area contributed by atoms with E-state index >= 15 is 0 Å². The Morgan fingerprint density at radius 2 is 1.69 bits per heavy atom. The number of amides is 3. The van der Waals surface area contributed by atoms with Crippen LogP contribution in [-0.2, 0) is 21.0 Å². The van der Waals surface area contributed by atoms with Crippen molar-refractivity contribution in [3.63, 3.8) is 0 Å². The first-order chi connectivity index (χ1) is 19.8. The molecule has 1 saturated heterocycles. The first-order valence-corrected chi connectivity index (χ1v) is 12.4. The number of aryl methyl sites for hydroxylation is 1. The molecule has 3 amide bonds. The second-order valence-corrected chi connectivity index (χ2v) is 9.22. The molecule has 1 aromatic heterocycles. The number of rotatable bonds is 6. The first kappa shape index (κ1) is 31.6. The lowest BCUT2D eigenvalue weighted by atomic mass is 9.84. The van der Waals surface area contributed by atoms with Crippen molar-refractivity contribution in [3.05, 3.63) is 65.9 Å². The van der Waals surface area contributed by atoms with Gasteiger partial charge >= 0.3 is 6.18 Å². The number of anilines is 1. The molecule has 42 heavy (non-hydrogen) atoms. The molecule has 0 aliphatic carbocycles. The van der Waals surface area contributed by atoms with Gasteiger partial charge in [-0.25, -0.2) is 5.48 Å². The number of benzene rings is 2. The zero-order valence-electron chi connectivity index (χ0n) is 22.0. The van der Waals surface area contributed by atoms with E-state index < -0.39 is 41.9 Å². The van der Waals surface area contributed by atoms with Crippen LogP contribution < -0.4 is 25.7 Å². The van der Waals surface area contributed by atoms with Crippen LogP contribution in [0.4, 0.5) is 23.7 Å². The van der Waals surface area contributed by atoms with Crippen molar-refractivity contribution in [1.29, 1.82) is 0 Å². The Balaban J connectivity index is 0.000000616. The molecule has 3 N–H and O–H groups in total. The predicted molar refractivity (Wildman–Crippen MR) is 135 cm³/mol. The van der Waals surface area contributed by atoms with Crippen LogP contribution in [0.2, 0.25) is 0 Å². The molecular formula is C27H25F3N4O8-2. The highest BCUT2D eigenvalue weighted by molar-refractivity contribution is 5.96. The number of hydrogen-bond acceptors (Lipinski definition) is 9. The van der Waals surface area contributed by atoms with Gasteiger partial charge in [0.2, 0.25) is 11.8 Å². The summed E-state index contributed by atoms with van der Waals surface area (Å²) in [6, 6.07) is 16.7. The number of aromatic nitrogens is 1. The lowest BCUT2D eigenvalue weighted by Gasteiger charge is -2.37. The van der Waals surface area contributed by atoms with Gasteiger partial charge in [0.05, 0.1) is 17.4 Å². The molecule has 2 atom stereocenters. The number of nitrogens with one attached hydrogen (secondary N) is 2. The zero-order valence-corrected chi connectivity index (χ0v) is 22.0. The number of nitrogens with zero attached hydrogens (tertiary/aromatic N) is 2. The Bertz CT molecular complexity index is 1450. The summed E-state index contributed by atoms with van der Waals surface area (Å²) in [4.78, 5) is 50.3. The Labute approximate surface area is 236 Å². The topological polar surface area (TPSA) is 184 Å². The summed E-state index contributed by atoms with van der Waals surface area (Å²) in [5.74, 6) is -5.50. The van der Waals surface area contributed by atoms with E-state index in [1.807, 2.05) is 37.3 Å². The van der Waals surface area contributed by atoms with E-state index in [4.69, 9.17) is 19.8 Å². The van der Waals surface area contributed by atoms with Gasteiger partial charge < -0.3 is 34.8 Å². The molecule has 0 radical (unpaired) electrons. The fraction of sp³-hybridized carbons (Fsp3) is 0.296. The highest BCUT2D eigenvalue weighted by atomic mass is 19.4. The molecule has 2 unspecified atom stereocenters. The largest absolute Gasteiger partial charge is 0.542 e. The molecule has 12 nitrogen and oxygen atoms in total. The number of likely N-dealkylation sites (tertiary alicyclic amines) is 1. The molecule has 0 spiro atoms. The number of hydrogen-bond donors (Lipinski definition) is 3. The highest BCUT2D eigenvalue weighted by Gasteiger charge is 2.38. The van der Waals surface area contributed by atoms with Gasteiger partial charge in [-0.2, -0.15) is 13.2 Å². The molecule has 2 aromatic carbocycles. The number of hydroxylamine groups is 1. The summed E-state index contributed by atoms with van der Waals surface area (Å²) in [7, 11) is 0. The van der Waals surface area contributed by atoms with Crippen molar-refractivity contribution in [2.24, 2.45) is 11.8 Å². The summed E-state index contributed by atoms with van der Waals surface area (Å²) in [6.07, 6.45) is -6.50. The molecule has 1 aliphatic rings. The van der Waals surface area contributed by atoms with Crippen LogP contribution in [0, 0.1) is 18.8 Å². The summed E-state index contributed by atoms with van der Waals surface area (Å²) in [6.45, 7) is 2.11. The second kappa shape index (κ2) is 13.6. The van der Waals surface area contributed by atoms with Crippen LogP contribution in [0.5, 0.6) is 5.75 Å². The number of para-hydroxylation sites is 1. The van der Waals surface area contributed by atoms with E-state index in [2.05, 4.69) is 10.3 Å². The van der Waals surface area contributed by atoms with E-state index in [9.17, 15) is 32.7 Å². The van der Waals surface area contributed by atoms with Crippen molar-refractivity contribution in [3.8, 4) is 5.75 Å². The van der Waals surface area contributed by atoms with Crippen LogP contribution in [0.15, 0.2) is 54.6 Å². The fourth-order valence-electron chi connectivity index (χ4n) is 4.33. The average Bonchev–Trinajstić information content (AvgIpc) is 2.95. The van der Waals surface area contributed by atoms with Crippen LogP contribution in [-0.4, -0.2) is 58.2 Å². The smallest absolute Gasteiger partial charge is 0.430 e. The van der Waals surface area contributed by atoms with Crippen LogP contribution in [0.3, 0.4) is 0 Å². The third kappa shape index (κ3) is 8.30. The maximum Gasteiger partial charge on any atom is 0.430 e. The van der Waals surface area contributed by atoms with E-state index in [1.54, 1.807) is 24.3 Å². The summed E-state index contributed by atoms with van der Waals surface area (Å²) in [5, 5.41) is 32.7. The van der Waals surface area contributed by atoms with Crippen molar-refractivity contribution in [1.82, 2.24) is 15.4 Å². The van der Waals surface area contributed by atoms with Gasteiger partial charge in [0, 0.05) is 35.4 Å². The Hall–Kier alpha value is -4.92. The highest BCUT2D eigenvalue weighted by Crippen LogP contribution is 2.27. The lowest BCUT2D eigenvalue weighted by molar-refractivity contribution is -0.344. The number of alkyl halides is 3. The average molecular weight is 591 g/mol. The van der Waals surface area contributed by atoms with Gasteiger partial charge in [-0.3, -0.25) is 19.8 Å². The van der Waals surface area contributed by atoms with Gasteiger partial charge in [-0.1, -0.05) is 18.2 Å².